The normalized spacial score (nSPS) is 15.4. The fourth-order valence-corrected chi connectivity index (χ4v) is 3.09. The molecule has 0 atom stereocenters. The molecule has 1 fully saturated rings. The van der Waals surface area contributed by atoms with Crippen LogP contribution in [0, 0.1) is 0 Å². The Bertz CT molecular complexity index is 693. The van der Waals surface area contributed by atoms with Gasteiger partial charge in [0.15, 0.2) is 5.96 Å². The minimum Gasteiger partial charge on any atom is -0.378 e. The van der Waals surface area contributed by atoms with Crippen molar-refractivity contribution < 1.29 is 4.52 Å². The summed E-state index contributed by atoms with van der Waals surface area (Å²) < 4.78 is 4.91. The van der Waals surface area contributed by atoms with E-state index in [1.54, 1.807) is 6.26 Å². The molecule has 0 spiro atoms. The van der Waals surface area contributed by atoms with E-state index in [9.17, 15) is 0 Å². The van der Waals surface area contributed by atoms with Crippen LogP contribution < -0.4 is 10.2 Å². The molecule has 3 rings (SSSR count). The quantitative estimate of drug-likeness (QED) is 0.399. The van der Waals surface area contributed by atoms with Gasteiger partial charge in [-0.15, -0.1) is 24.0 Å². The van der Waals surface area contributed by atoms with Crippen LogP contribution in [0.15, 0.2) is 46.1 Å². The van der Waals surface area contributed by atoms with Crippen LogP contribution in [-0.4, -0.2) is 68.2 Å². The van der Waals surface area contributed by atoms with Crippen molar-refractivity contribution >= 4 is 35.6 Å². The van der Waals surface area contributed by atoms with Gasteiger partial charge in [-0.2, -0.15) is 0 Å². The molecule has 0 radical (unpaired) electrons. The first-order valence-corrected chi connectivity index (χ1v) is 8.99. The number of hydrogen-bond donors (Lipinski definition) is 1. The lowest BCUT2D eigenvalue weighted by atomic mass is 10.2. The zero-order chi connectivity index (χ0) is 18.4. The zero-order valence-corrected chi connectivity index (χ0v) is 18.6. The highest BCUT2D eigenvalue weighted by molar-refractivity contribution is 14.0. The van der Waals surface area contributed by atoms with Crippen LogP contribution in [0.2, 0.25) is 0 Å². The summed E-state index contributed by atoms with van der Waals surface area (Å²) in [4.78, 5) is 11.3. The smallest absolute Gasteiger partial charge is 0.194 e. The van der Waals surface area contributed by atoms with Crippen molar-refractivity contribution in [3.63, 3.8) is 0 Å². The van der Waals surface area contributed by atoms with Crippen molar-refractivity contribution in [2.24, 2.45) is 4.99 Å². The fourth-order valence-electron chi connectivity index (χ4n) is 3.09. The largest absolute Gasteiger partial charge is 0.378 e. The van der Waals surface area contributed by atoms with Crippen LogP contribution >= 0.6 is 24.0 Å². The lowest BCUT2D eigenvalue weighted by molar-refractivity contribution is 0.169. The second-order valence-corrected chi connectivity index (χ2v) is 6.72. The molecular weight excluding hydrogens is 455 g/mol. The first-order chi connectivity index (χ1) is 12.7. The minimum atomic E-state index is 0. The molecule has 27 heavy (non-hydrogen) atoms. The van der Waals surface area contributed by atoms with Crippen LogP contribution in [0.4, 0.5) is 5.69 Å². The predicted molar refractivity (Wildman–Crippen MR) is 120 cm³/mol. The van der Waals surface area contributed by atoms with Gasteiger partial charge in [-0.3, -0.25) is 9.89 Å². The first-order valence-electron chi connectivity index (χ1n) is 8.99. The van der Waals surface area contributed by atoms with E-state index in [4.69, 9.17) is 4.52 Å². The molecule has 0 bridgehead atoms. The number of piperazine rings is 1. The summed E-state index contributed by atoms with van der Waals surface area (Å²) in [6.07, 6.45) is 1.63. The van der Waals surface area contributed by atoms with E-state index in [2.05, 4.69) is 68.5 Å². The summed E-state index contributed by atoms with van der Waals surface area (Å²) >= 11 is 0. The van der Waals surface area contributed by atoms with Crippen molar-refractivity contribution in [2.75, 3.05) is 52.2 Å². The molecular formula is C19H29IN6O. The lowest BCUT2D eigenvalue weighted by Crippen LogP contribution is -2.52. The predicted octanol–water partition coefficient (Wildman–Crippen LogP) is 2.25. The summed E-state index contributed by atoms with van der Waals surface area (Å²) in [6, 6.07) is 10.5. The van der Waals surface area contributed by atoms with Gasteiger partial charge in [0.1, 0.15) is 6.26 Å². The highest BCUT2D eigenvalue weighted by atomic mass is 127. The maximum atomic E-state index is 4.91. The Labute approximate surface area is 178 Å². The number of benzene rings is 1. The van der Waals surface area contributed by atoms with E-state index in [0.717, 1.165) is 50.9 Å². The van der Waals surface area contributed by atoms with Gasteiger partial charge < -0.3 is 19.6 Å². The number of halogens is 1. The molecule has 1 aromatic heterocycles. The Morgan fingerprint density at radius 1 is 1.15 bits per heavy atom. The van der Waals surface area contributed by atoms with Crippen molar-refractivity contribution in [2.45, 2.75) is 13.1 Å². The van der Waals surface area contributed by atoms with Gasteiger partial charge in [-0.05, 0) is 17.7 Å². The molecule has 1 aliphatic rings. The third kappa shape index (κ3) is 6.10. The number of anilines is 1. The van der Waals surface area contributed by atoms with Gasteiger partial charge in [-0.1, -0.05) is 17.3 Å². The summed E-state index contributed by atoms with van der Waals surface area (Å²) in [5.41, 5.74) is 3.45. The molecule has 2 heterocycles. The van der Waals surface area contributed by atoms with Crippen LogP contribution in [0.3, 0.4) is 0 Å². The number of nitrogens with zero attached hydrogens (tertiary/aromatic N) is 5. The van der Waals surface area contributed by atoms with E-state index in [0.29, 0.717) is 0 Å². The second-order valence-electron chi connectivity index (χ2n) is 6.72. The van der Waals surface area contributed by atoms with Gasteiger partial charge >= 0.3 is 0 Å². The van der Waals surface area contributed by atoms with Crippen LogP contribution in [0.5, 0.6) is 0 Å². The molecule has 0 aliphatic carbocycles. The number of hydrogen-bond acceptors (Lipinski definition) is 5. The van der Waals surface area contributed by atoms with Gasteiger partial charge in [0.2, 0.25) is 0 Å². The zero-order valence-electron chi connectivity index (χ0n) is 16.3. The van der Waals surface area contributed by atoms with E-state index in [1.165, 1.54) is 11.3 Å². The van der Waals surface area contributed by atoms with Crippen molar-refractivity contribution in [3.8, 4) is 0 Å². The molecule has 1 aromatic carbocycles. The molecule has 148 valence electrons. The highest BCUT2D eigenvalue weighted by Crippen LogP contribution is 2.12. The van der Waals surface area contributed by atoms with Gasteiger partial charge in [-0.25, -0.2) is 0 Å². The van der Waals surface area contributed by atoms with Gasteiger partial charge in [0.25, 0.3) is 0 Å². The van der Waals surface area contributed by atoms with E-state index < -0.39 is 0 Å². The van der Waals surface area contributed by atoms with Crippen molar-refractivity contribution in [1.82, 2.24) is 20.3 Å². The Balaban J connectivity index is 0.00000261. The highest BCUT2D eigenvalue weighted by Gasteiger charge is 2.20. The van der Waals surface area contributed by atoms with Gasteiger partial charge in [0, 0.05) is 72.2 Å². The molecule has 0 amide bonds. The Hall–Kier alpha value is -1.81. The summed E-state index contributed by atoms with van der Waals surface area (Å²) in [5, 5.41) is 7.47. The molecule has 1 aliphatic heterocycles. The lowest BCUT2D eigenvalue weighted by Gasteiger charge is -2.36. The Kier molecular flexibility index (Phi) is 8.36. The molecule has 1 N–H and O–H groups in total. The maximum absolute atomic E-state index is 4.91. The second kappa shape index (κ2) is 10.5. The number of aromatic nitrogens is 1. The van der Waals surface area contributed by atoms with Crippen LogP contribution in [0.25, 0.3) is 0 Å². The van der Waals surface area contributed by atoms with Gasteiger partial charge in [0.05, 0.1) is 5.69 Å². The summed E-state index contributed by atoms with van der Waals surface area (Å²) in [7, 11) is 5.95. The molecule has 0 saturated carbocycles. The third-order valence-corrected chi connectivity index (χ3v) is 4.66. The van der Waals surface area contributed by atoms with E-state index in [1.807, 2.05) is 13.1 Å². The summed E-state index contributed by atoms with van der Waals surface area (Å²) in [5.74, 6) is 0.961. The first kappa shape index (κ1) is 21.5. The Morgan fingerprint density at radius 2 is 1.85 bits per heavy atom. The molecule has 7 nitrogen and oxygen atoms in total. The van der Waals surface area contributed by atoms with Crippen LogP contribution in [-0.2, 0) is 13.1 Å². The maximum Gasteiger partial charge on any atom is 0.194 e. The molecule has 0 unspecified atom stereocenters. The summed E-state index contributed by atoms with van der Waals surface area (Å²) in [6.45, 7) is 5.51. The minimum absolute atomic E-state index is 0. The van der Waals surface area contributed by atoms with Crippen LogP contribution in [0.1, 0.15) is 11.3 Å². The Morgan fingerprint density at radius 3 is 2.41 bits per heavy atom. The van der Waals surface area contributed by atoms with E-state index >= 15 is 0 Å². The number of aliphatic imine (C=N–C) groups is 1. The average Bonchev–Trinajstić information content (AvgIpc) is 3.17. The SMILES string of the molecule is CN=C(NCc1ccc(N(C)C)cc1)N1CCN(Cc2ccon2)CC1.I. The average molecular weight is 484 g/mol. The van der Waals surface area contributed by atoms with Crippen molar-refractivity contribution in [1.29, 1.82) is 0 Å². The topological polar surface area (TPSA) is 60.1 Å². The molecule has 8 heteroatoms. The number of rotatable bonds is 5. The number of guanidine groups is 1. The third-order valence-electron chi connectivity index (χ3n) is 4.66. The molecule has 1 saturated heterocycles. The van der Waals surface area contributed by atoms with Crippen molar-refractivity contribution in [3.05, 3.63) is 47.9 Å². The number of nitrogens with one attached hydrogen (secondary N) is 1. The van der Waals surface area contributed by atoms with E-state index in [-0.39, 0.29) is 24.0 Å². The monoisotopic (exact) mass is 484 g/mol. The fraction of sp³-hybridized carbons (Fsp3) is 0.474. The molecule has 2 aromatic rings. The standard InChI is InChI=1S/C19H28N6O.HI/c1-20-19(21-14-16-4-6-18(7-5-16)23(2)3)25-11-9-24(10-12-25)15-17-8-13-26-22-17;/h4-8,13H,9-12,14-15H2,1-3H3,(H,20,21);1H.